The first kappa shape index (κ1) is 15.4. The number of ketones is 1. The molecule has 5 atom stereocenters. The minimum atomic E-state index is -0.920. The van der Waals surface area contributed by atoms with Crippen molar-refractivity contribution in [3.8, 4) is 0 Å². The molecule has 0 aromatic heterocycles. The van der Waals surface area contributed by atoms with Crippen LogP contribution in [0.4, 0.5) is 0 Å². The van der Waals surface area contributed by atoms with Crippen molar-refractivity contribution < 1.29 is 14.3 Å². The Bertz CT molecular complexity index is 604. The van der Waals surface area contributed by atoms with Crippen LogP contribution in [-0.4, -0.2) is 18.4 Å². The molecule has 23 heavy (non-hydrogen) atoms. The number of hydrogen-bond donors (Lipinski definition) is 0. The Hall–Kier alpha value is -1.12. The summed E-state index contributed by atoms with van der Waals surface area (Å²) in [4.78, 5) is 26.1. The minimum Gasteiger partial charge on any atom is -0.465 e. The monoisotopic (exact) mass is 316 g/mol. The lowest BCUT2D eigenvalue weighted by molar-refractivity contribution is -0.163. The van der Waals surface area contributed by atoms with Gasteiger partial charge < -0.3 is 4.74 Å². The standard InChI is InChI=1S/C20H28O3/c1-12-13-6-7-14-19(4)9-5-8-18(2,3)15(19)11-23-17(22)20(14,10-13)16(12)21/h13-15H,1,5-11H2,2-4H3/t13-,14+,15-,19+,20+/m0/s1. The van der Waals surface area contributed by atoms with Crippen LogP contribution in [0.5, 0.6) is 0 Å². The number of Topliss-reactive ketones (excluding diaryl/α,β-unsaturated/α-hetero) is 1. The van der Waals surface area contributed by atoms with Crippen LogP contribution in [0.15, 0.2) is 12.2 Å². The average molecular weight is 316 g/mol. The van der Waals surface area contributed by atoms with Gasteiger partial charge in [-0.15, -0.1) is 0 Å². The molecule has 1 heterocycles. The van der Waals surface area contributed by atoms with Gasteiger partial charge in [0.05, 0.1) is 6.61 Å². The van der Waals surface area contributed by atoms with Crippen LogP contribution in [0.2, 0.25) is 0 Å². The van der Waals surface area contributed by atoms with Crippen LogP contribution in [0, 0.1) is 34.0 Å². The third-order valence-corrected chi connectivity index (χ3v) is 7.97. The quantitative estimate of drug-likeness (QED) is 0.386. The fraction of sp³-hybridized carbons (Fsp3) is 0.800. The first-order valence-electron chi connectivity index (χ1n) is 9.14. The molecule has 126 valence electrons. The number of fused-ring (bicyclic) bond motifs is 3. The van der Waals surface area contributed by atoms with E-state index in [9.17, 15) is 9.59 Å². The Morgan fingerprint density at radius 2 is 1.83 bits per heavy atom. The zero-order valence-corrected chi connectivity index (χ0v) is 14.6. The van der Waals surface area contributed by atoms with Gasteiger partial charge in [0.15, 0.2) is 5.78 Å². The van der Waals surface area contributed by atoms with E-state index >= 15 is 0 Å². The number of rotatable bonds is 0. The van der Waals surface area contributed by atoms with E-state index in [0.29, 0.717) is 24.5 Å². The van der Waals surface area contributed by atoms with Gasteiger partial charge in [-0.3, -0.25) is 9.59 Å². The number of esters is 1. The minimum absolute atomic E-state index is 0.000236. The fourth-order valence-corrected chi connectivity index (χ4v) is 6.77. The maximum absolute atomic E-state index is 13.1. The molecule has 3 saturated carbocycles. The lowest BCUT2D eigenvalue weighted by Crippen LogP contribution is -2.54. The van der Waals surface area contributed by atoms with Gasteiger partial charge in [-0.1, -0.05) is 33.8 Å². The summed E-state index contributed by atoms with van der Waals surface area (Å²) in [6, 6.07) is 0. The largest absolute Gasteiger partial charge is 0.465 e. The second-order valence-electron chi connectivity index (χ2n) is 9.36. The second-order valence-corrected chi connectivity index (χ2v) is 9.36. The van der Waals surface area contributed by atoms with Gasteiger partial charge in [0.2, 0.25) is 0 Å². The lowest BCUT2D eigenvalue weighted by Gasteiger charge is -2.55. The highest BCUT2D eigenvalue weighted by atomic mass is 16.5. The third kappa shape index (κ3) is 1.71. The van der Waals surface area contributed by atoms with Crippen molar-refractivity contribution in [3.05, 3.63) is 12.2 Å². The van der Waals surface area contributed by atoms with Gasteiger partial charge in [0, 0.05) is 5.92 Å². The summed E-state index contributed by atoms with van der Waals surface area (Å²) < 4.78 is 5.78. The van der Waals surface area contributed by atoms with E-state index < -0.39 is 5.41 Å². The molecule has 3 nitrogen and oxygen atoms in total. The Morgan fingerprint density at radius 3 is 2.57 bits per heavy atom. The van der Waals surface area contributed by atoms with E-state index in [4.69, 9.17) is 4.74 Å². The van der Waals surface area contributed by atoms with Gasteiger partial charge in [0.1, 0.15) is 5.41 Å². The molecular formula is C20H28O3. The first-order chi connectivity index (χ1) is 10.7. The molecule has 1 saturated heterocycles. The molecule has 2 bridgehead atoms. The topological polar surface area (TPSA) is 43.4 Å². The predicted octanol–water partition coefficient (Wildman–Crippen LogP) is 3.92. The van der Waals surface area contributed by atoms with Crippen molar-refractivity contribution in [3.63, 3.8) is 0 Å². The number of hydrogen-bond acceptors (Lipinski definition) is 3. The normalized spacial score (nSPS) is 48.3. The van der Waals surface area contributed by atoms with Crippen molar-refractivity contribution in [1.82, 2.24) is 0 Å². The van der Waals surface area contributed by atoms with E-state index in [2.05, 4.69) is 27.4 Å². The Labute approximate surface area is 138 Å². The number of ether oxygens (including phenoxy) is 1. The van der Waals surface area contributed by atoms with E-state index in [1.54, 1.807) is 0 Å². The van der Waals surface area contributed by atoms with Crippen molar-refractivity contribution in [2.45, 2.75) is 59.3 Å². The predicted molar refractivity (Wildman–Crippen MR) is 87.6 cm³/mol. The third-order valence-electron chi connectivity index (χ3n) is 7.97. The Morgan fingerprint density at radius 1 is 1.09 bits per heavy atom. The zero-order valence-electron chi connectivity index (χ0n) is 14.6. The van der Waals surface area contributed by atoms with Crippen LogP contribution in [0.25, 0.3) is 0 Å². The van der Waals surface area contributed by atoms with Gasteiger partial charge in [-0.25, -0.2) is 0 Å². The van der Waals surface area contributed by atoms with E-state index in [1.807, 2.05) is 0 Å². The van der Waals surface area contributed by atoms with E-state index in [1.165, 1.54) is 12.8 Å². The molecule has 4 aliphatic rings. The summed E-state index contributed by atoms with van der Waals surface area (Å²) in [6.45, 7) is 11.5. The summed E-state index contributed by atoms with van der Waals surface area (Å²) in [5.74, 6) is 0.415. The average Bonchev–Trinajstić information content (AvgIpc) is 2.62. The summed E-state index contributed by atoms with van der Waals surface area (Å²) in [5, 5.41) is 0. The fourth-order valence-electron chi connectivity index (χ4n) is 6.77. The number of cyclic esters (lactones) is 1. The summed E-state index contributed by atoms with van der Waals surface area (Å²) in [7, 11) is 0. The second kappa shape index (κ2) is 4.49. The maximum Gasteiger partial charge on any atom is 0.320 e. The maximum atomic E-state index is 13.1. The zero-order chi connectivity index (χ0) is 16.6. The van der Waals surface area contributed by atoms with Crippen LogP contribution in [0.1, 0.15) is 59.3 Å². The van der Waals surface area contributed by atoms with Gasteiger partial charge >= 0.3 is 5.97 Å². The van der Waals surface area contributed by atoms with Crippen LogP contribution >= 0.6 is 0 Å². The van der Waals surface area contributed by atoms with Crippen LogP contribution in [-0.2, 0) is 14.3 Å². The van der Waals surface area contributed by atoms with Crippen molar-refractivity contribution in [2.75, 3.05) is 6.61 Å². The summed E-state index contributed by atoms with van der Waals surface area (Å²) >= 11 is 0. The summed E-state index contributed by atoms with van der Waals surface area (Å²) in [6.07, 6.45) is 6.08. The van der Waals surface area contributed by atoms with Gasteiger partial charge in [-0.05, 0) is 60.3 Å². The SMILES string of the molecule is C=C1C(=O)[C@@]23C[C@@H]1CC[C@@H]2[C@@]1(C)CCCC(C)(C)[C@@H]1COC3=O. The smallest absolute Gasteiger partial charge is 0.320 e. The molecule has 4 fully saturated rings. The molecule has 3 heteroatoms. The first-order valence-corrected chi connectivity index (χ1v) is 9.14. The van der Waals surface area contributed by atoms with E-state index in [-0.39, 0.29) is 34.4 Å². The molecule has 0 radical (unpaired) electrons. The summed E-state index contributed by atoms with van der Waals surface area (Å²) in [5.41, 5.74) is -0.0636. The molecule has 4 rings (SSSR count). The number of carbonyl (C=O) groups is 2. The van der Waals surface area contributed by atoms with Crippen molar-refractivity contribution in [1.29, 1.82) is 0 Å². The molecule has 0 unspecified atom stereocenters. The van der Waals surface area contributed by atoms with Crippen molar-refractivity contribution >= 4 is 11.8 Å². The van der Waals surface area contributed by atoms with Crippen LogP contribution < -0.4 is 0 Å². The molecule has 1 spiro atoms. The molecule has 3 aliphatic carbocycles. The lowest BCUT2D eigenvalue weighted by atomic mass is 9.47. The molecular weight excluding hydrogens is 288 g/mol. The highest BCUT2D eigenvalue weighted by molar-refractivity contribution is 6.15. The van der Waals surface area contributed by atoms with Crippen LogP contribution in [0.3, 0.4) is 0 Å². The Balaban J connectivity index is 1.88. The Kier molecular flexibility index (Phi) is 3.01. The van der Waals surface area contributed by atoms with E-state index in [0.717, 1.165) is 19.3 Å². The molecule has 0 N–H and O–H groups in total. The van der Waals surface area contributed by atoms with Gasteiger partial charge in [-0.2, -0.15) is 0 Å². The number of carbonyl (C=O) groups excluding carboxylic acids is 2. The van der Waals surface area contributed by atoms with Crippen molar-refractivity contribution in [2.24, 2.45) is 34.0 Å². The molecule has 1 aliphatic heterocycles. The highest BCUT2D eigenvalue weighted by Gasteiger charge is 2.69. The van der Waals surface area contributed by atoms with Gasteiger partial charge in [0.25, 0.3) is 0 Å². The molecule has 0 aromatic carbocycles. The highest BCUT2D eigenvalue weighted by Crippen LogP contribution is 2.67. The molecule has 0 aromatic rings. The number of allylic oxidation sites excluding steroid dienone is 1. The molecule has 0 amide bonds.